The number of sulfonamides is 1. The number of para-hydroxylation sites is 1. The number of aryl methyl sites for hydroxylation is 1. The van der Waals surface area contributed by atoms with Crippen molar-refractivity contribution in [2.24, 2.45) is 5.92 Å². The minimum Gasteiger partial charge on any atom is -0.345 e. The lowest BCUT2D eigenvalue weighted by Gasteiger charge is -2.31. The first kappa shape index (κ1) is 25.6. The van der Waals surface area contributed by atoms with Gasteiger partial charge in [-0.25, -0.2) is 8.42 Å². The molecule has 0 aromatic heterocycles. The highest BCUT2D eigenvalue weighted by Crippen LogP contribution is 2.26. The van der Waals surface area contributed by atoms with Crippen LogP contribution >= 0.6 is 0 Å². The van der Waals surface area contributed by atoms with Crippen molar-refractivity contribution >= 4 is 27.5 Å². The van der Waals surface area contributed by atoms with E-state index in [-0.39, 0.29) is 29.3 Å². The Kier molecular flexibility index (Phi) is 7.86. The largest absolute Gasteiger partial charge is 0.345 e. The second kappa shape index (κ2) is 11.1. The maximum Gasteiger partial charge on any atom is 0.253 e. The van der Waals surface area contributed by atoms with Crippen LogP contribution in [0.1, 0.15) is 47.3 Å². The van der Waals surface area contributed by atoms with E-state index in [2.05, 4.69) is 10.6 Å². The minimum atomic E-state index is -3.69. The molecule has 2 N–H and O–H groups in total. The third-order valence-corrected chi connectivity index (χ3v) is 8.37. The first-order valence-electron chi connectivity index (χ1n) is 12.1. The average molecular weight is 506 g/mol. The third kappa shape index (κ3) is 5.83. The molecule has 7 nitrogen and oxygen atoms in total. The predicted molar refractivity (Wildman–Crippen MR) is 140 cm³/mol. The number of benzene rings is 3. The predicted octanol–water partition coefficient (Wildman–Crippen LogP) is 4.53. The summed E-state index contributed by atoms with van der Waals surface area (Å²) in [4.78, 5) is 26.4. The summed E-state index contributed by atoms with van der Waals surface area (Å²) in [5.74, 6) is -1.11. The number of amides is 2. The highest BCUT2D eigenvalue weighted by Gasteiger charge is 2.33. The lowest BCUT2D eigenvalue weighted by atomic mass is 9.98. The Labute approximate surface area is 212 Å². The van der Waals surface area contributed by atoms with Crippen LogP contribution in [0.15, 0.2) is 83.8 Å². The van der Waals surface area contributed by atoms with Crippen LogP contribution in [0.2, 0.25) is 0 Å². The number of carbonyl (C=O) groups is 2. The van der Waals surface area contributed by atoms with E-state index in [0.717, 1.165) is 11.1 Å². The SMILES string of the molecule is Cc1ccc(S(=O)(=O)N2CCC[C@H](C(=O)Nc3ccccc3C(=O)N[C@H](C)c3ccccc3)C2)cc1. The average Bonchev–Trinajstić information content (AvgIpc) is 2.89. The summed E-state index contributed by atoms with van der Waals surface area (Å²) in [6, 6.07) is 23.0. The molecule has 0 radical (unpaired) electrons. The summed E-state index contributed by atoms with van der Waals surface area (Å²) in [5.41, 5.74) is 2.71. The van der Waals surface area contributed by atoms with Crippen molar-refractivity contribution in [3.8, 4) is 0 Å². The van der Waals surface area contributed by atoms with Crippen molar-refractivity contribution in [3.63, 3.8) is 0 Å². The molecular weight excluding hydrogens is 474 g/mol. The molecule has 1 heterocycles. The maximum absolute atomic E-state index is 13.2. The quantitative estimate of drug-likeness (QED) is 0.493. The number of hydrogen-bond donors (Lipinski definition) is 2. The van der Waals surface area contributed by atoms with Gasteiger partial charge < -0.3 is 10.6 Å². The summed E-state index contributed by atoms with van der Waals surface area (Å²) in [6.07, 6.45) is 1.16. The summed E-state index contributed by atoms with van der Waals surface area (Å²) >= 11 is 0. The Morgan fingerprint density at radius 2 is 1.61 bits per heavy atom. The Balaban J connectivity index is 1.45. The van der Waals surface area contributed by atoms with E-state index in [9.17, 15) is 18.0 Å². The molecule has 4 rings (SSSR count). The van der Waals surface area contributed by atoms with E-state index in [1.165, 1.54) is 4.31 Å². The van der Waals surface area contributed by atoms with Crippen LogP contribution in [0.5, 0.6) is 0 Å². The second-order valence-corrected chi connectivity index (χ2v) is 11.1. The highest BCUT2D eigenvalue weighted by atomic mass is 32.2. The van der Waals surface area contributed by atoms with Gasteiger partial charge in [0.25, 0.3) is 5.91 Å². The maximum atomic E-state index is 13.2. The molecule has 1 aliphatic rings. The van der Waals surface area contributed by atoms with E-state index in [0.29, 0.717) is 30.6 Å². The van der Waals surface area contributed by atoms with Gasteiger partial charge in [0.1, 0.15) is 0 Å². The molecule has 3 aromatic carbocycles. The number of piperidine rings is 1. The van der Waals surface area contributed by atoms with Crippen molar-refractivity contribution in [1.29, 1.82) is 0 Å². The normalized spacial score (nSPS) is 17.2. The Morgan fingerprint density at radius 3 is 2.33 bits per heavy atom. The Hall–Kier alpha value is -3.49. The number of nitrogens with one attached hydrogen (secondary N) is 2. The van der Waals surface area contributed by atoms with Gasteiger partial charge >= 0.3 is 0 Å². The van der Waals surface area contributed by atoms with Gasteiger partial charge in [0.05, 0.1) is 28.1 Å². The van der Waals surface area contributed by atoms with Crippen molar-refractivity contribution < 1.29 is 18.0 Å². The number of rotatable bonds is 7. The topological polar surface area (TPSA) is 95.6 Å². The van der Waals surface area contributed by atoms with Gasteiger partial charge in [-0.2, -0.15) is 4.31 Å². The number of carbonyl (C=O) groups excluding carboxylic acids is 2. The zero-order valence-electron chi connectivity index (χ0n) is 20.5. The van der Waals surface area contributed by atoms with Crippen LogP contribution in [0.4, 0.5) is 5.69 Å². The lowest BCUT2D eigenvalue weighted by Crippen LogP contribution is -2.43. The highest BCUT2D eigenvalue weighted by molar-refractivity contribution is 7.89. The molecule has 0 saturated carbocycles. The smallest absolute Gasteiger partial charge is 0.253 e. The van der Waals surface area contributed by atoms with Crippen LogP contribution in [0.3, 0.4) is 0 Å². The summed E-state index contributed by atoms with van der Waals surface area (Å²) in [6.45, 7) is 4.27. The fourth-order valence-electron chi connectivity index (χ4n) is 4.36. The monoisotopic (exact) mass is 505 g/mol. The number of nitrogens with zero attached hydrogens (tertiary/aromatic N) is 1. The van der Waals surface area contributed by atoms with Crippen LogP contribution in [-0.2, 0) is 14.8 Å². The van der Waals surface area contributed by atoms with Crippen LogP contribution in [0.25, 0.3) is 0 Å². The molecule has 1 saturated heterocycles. The number of hydrogen-bond acceptors (Lipinski definition) is 4. The van der Waals surface area contributed by atoms with Gasteiger partial charge in [-0.05, 0) is 56.5 Å². The molecule has 0 aliphatic carbocycles. The summed E-state index contributed by atoms with van der Waals surface area (Å²) < 4.78 is 27.6. The van der Waals surface area contributed by atoms with Crippen molar-refractivity contribution in [2.45, 2.75) is 37.6 Å². The zero-order valence-corrected chi connectivity index (χ0v) is 21.3. The lowest BCUT2D eigenvalue weighted by molar-refractivity contribution is -0.120. The zero-order chi connectivity index (χ0) is 25.7. The standard InChI is InChI=1S/C28H31N3O4S/c1-20-14-16-24(17-15-20)36(34,35)31-18-8-11-23(19-31)27(32)30-26-13-7-6-12-25(26)28(33)29-21(2)22-9-4-3-5-10-22/h3-7,9-10,12-17,21,23H,8,11,18-19H2,1-2H3,(H,29,33)(H,30,32)/t21-,23+/m1/s1. The first-order chi connectivity index (χ1) is 17.3. The molecule has 0 unspecified atom stereocenters. The molecule has 1 fully saturated rings. The summed E-state index contributed by atoms with van der Waals surface area (Å²) in [7, 11) is -3.69. The molecule has 1 aliphatic heterocycles. The van der Waals surface area contributed by atoms with Crippen LogP contribution in [0, 0.1) is 12.8 Å². The second-order valence-electron chi connectivity index (χ2n) is 9.16. The summed E-state index contributed by atoms with van der Waals surface area (Å²) in [5, 5.41) is 5.85. The van der Waals surface area contributed by atoms with Gasteiger partial charge in [0.15, 0.2) is 0 Å². The Morgan fingerprint density at radius 1 is 0.944 bits per heavy atom. The van der Waals surface area contributed by atoms with Gasteiger partial charge in [-0.15, -0.1) is 0 Å². The number of anilines is 1. The van der Waals surface area contributed by atoms with E-state index in [1.807, 2.05) is 44.2 Å². The van der Waals surface area contributed by atoms with E-state index < -0.39 is 15.9 Å². The molecule has 3 aromatic rings. The van der Waals surface area contributed by atoms with Crippen LogP contribution < -0.4 is 10.6 Å². The van der Waals surface area contributed by atoms with Crippen molar-refractivity contribution in [2.75, 3.05) is 18.4 Å². The van der Waals surface area contributed by atoms with Crippen molar-refractivity contribution in [1.82, 2.24) is 9.62 Å². The Bertz CT molecular complexity index is 1320. The minimum absolute atomic E-state index is 0.0987. The van der Waals surface area contributed by atoms with Gasteiger partial charge in [-0.1, -0.05) is 60.2 Å². The molecular formula is C28H31N3O4S. The fraction of sp³-hybridized carbons (Fsp3) is 0.286. The molecule has 0 spiro atoms. The van der Waals surface area contributed by atoms with Crippen molar-refractivity contribution in [3.05, 3.63) is 95.6 Å². The van der Waals surface area contributed by atoms with E-state index in [1.54, 1.807) is 48.5 Å². The molecule has 8 heteroatoms. The fourth-order valence-corrected chi connectivity index (χ4v) is 5.88. The first-order valence-corrected chi connectivity index (χ1v) is 13.5. The van der Waals surface area contributed by atoms with Gasteiger partial charge in [-0.3, -0.25) is 9.59 Å². The molecule has 0 bridgehead atoms. The molecule has 188 valence electrons. The van der Waals surface area contributed by atoms with E-state index in [4.69, 9.17) is 0 Å². The van der Waals surface area contributed by atoms with Crippen LogP contribution in [-0.4, -0.2) is 37.6 Å². The molecule has 36 heavy (non-hydrogen) atoms. The third-order valence-electron chi connectivity index (χ3n) is 6.49. The van der Waals surface area contributed by atoms with E-state index >= 15 is 0 Å². The molecule has 2 amide bonds. The van der Waals surface area contributed by atoms with Gasteiger partial charge in [0.2, 0.25) is 15.9 Å². The van der Waals surface area contributed by atoms with Gasteiger partial charge in [0, 0.05) is 13.1 Å². The molecule has 2 atom stereocenters.